The van der Waals surface area contributed by atoms with E-state index < -0.39 is 0 Å². The topological polar surface area (TPSA) is 86.2 Å². The summed E-state index contributed by atoms with van der Waals surface area (Å²) in [4.78, 5) is 18.6. The first kappa shape index (κ1) is 11.5. The zero-order valence-electron chi connectivity index (χ0n) is 8.75. The second kappa shape index (κ2) is 4.92. The van der Waals surface area contributed by atoms with Crippen LogP contribution in [0.3, 0.4) is 0 Å². The van der Waals surface area contributed by atoms with Gasteiger partial charge in [-0.1, -0.05) is 11.8 Å². The van der Waals surface area contributed by atoms with Gasteiger partial charge in [-0.3, -0.25) is 4.79 Å². The predicted octanol–water partition coefficient (Wildman–Crippen LogP) is 1.80. The summed E-state index contributed by atoms with van der Waals surface area (Å²) in [5.74, 6) is -0.331. The number of benzene rings is 1. The van der Waals surface area contributed by atoms with Gasteiger partial charge in [0, 0.05) is 18.5 Å². The molecular formula is C11H10N2O3S. The monoisotopic (exact) mass is 250 g/mol. The largest absolute Gasteiger partial charge is 0.508 e. The summed E-state index contributed by atoms with van der Waals surface area (Å²) < 4.78 is 0. The molecule has 0 fully saturated rings. The van der Waals surface area contributed by atoms with Crippen molar-refractivity contribution in [3.8, 4) is 11.5 Å². The number of imidazole rings is 1. The van der Waals surface area contributed by atoms with E-state index >= 15 is 0 Å². The van der Waals surface area contributed by atoms with Crippen molar-refractivity contribution in [2.24, 2.45) is 0 Å². The minimum Gasteiger partial charge on any atom is -0.508 e. The van der Waals surface area contributed by atoms with Gasteiger partial charge in [-0.2, -0.15) is 0 Å². The van der Waals surface area contributed by atoms with Crippen LogP contribution in [0.4, 0.5) is 0 Å². The zero-order chi connectivity index (χ0) is 12.3. The third-order valence-electron chi connectivity index (χ3n) is 2.09. The number of carbonyl (C=O) groups is 1. The third kappa shape index (κ3) is 2.79. The van der Waals surface area contributed by atoms with Crippen molar-refractivity contribution in [1.82, 2.24) is 9.97 Å². The highest BCUT2D eigenvalue weighted by Crippen LogP contribution is 2.24. The molecule has 17 heavy (non-hydrogen) atoms. The standard InChI is InChI=1S/C11H10N2O3S/c14-7-1-2-8(9(15)5-7)10(16)6-17-11-12-3-4-13-11/h1-5,14-15H,6H2,(H,12,13). The lowest BCUT2D eigenvalue weighted by Crippen LogP contribution is -2.02. The number of aromatic amines is 1. The van der Waals surface area contributed by atoms with Gasteiger partial charge in [-0.05, 0) is 12.1 Å². The first-order valence-electron chi connectivity index (χ1n) is 4.84. The second-order valence-corrected chi connectivity index (χ2v) is 4.27. The summed E-state index contributed by atoms with van der Waals surface area (Å²) in [6.07, 6.45) is 3.27. The smallest absolute Gasteiger partial charge is 0.176 e. The Labute approximate surface area is 102 Å². The van der Waals surface area contributed by atoms with Gasteiger partial charge in [0.2, 0.25) is 0 Å². The Morgan fingerprint density at radius 3 is 2.88 bits per heavy atom. The maximum Gasteiger partial charge on any atom is 0.176 e. The highest BCUT2D eigenvalue weighted by Gasteiger charge is 2.12. The van der Waals surface area contributed by atoms with Gasteiger partial charge in [0.05, 0.1) is 11.3 Å². The molecule has 0 amide bonds. The van der Waals surface area contributed by atoms with Crippen molar-refractivity contribution in [2.45, 2.75) is 5.16 Å². The van der Waals surface area contributed by atoms with Crippen LogP contribution in [-0.2, 0) is 0 Å². The number of phenols is 2. The number of nitrogens with one attached hydrogen (secondary N) is 1. The Bertz CT molecular complexity index is 526. The van der Waals surface area contributed by atoms with Crippen LogP contribution in [0.2, 0.25) is 0 Å². The number of hydrogen-bond donors (Lipinski definition) is 3. The Morgan fingerprint density at radius 2 is 2.24 bits per heavy atom. The normalized spacial score (nSPS) is 10.4. The van der Waals surface area contributed by atoms with Crippen LogP contribution in [0.25, 0.3) is 0 Å². The number of phenolic OH excluding ortho intramolecular Hbond substituents is 2. The summed E-state index contributed by atoms with van der Waals surface area (Å²) in [5, 5.41) is 19.3. The Hall–Kier alpha value is -1.95. The van der Waals surface area contributed by atoms with Crippen LogP contribution >= 0.6 is 11.8 Å². The minimum absolute atomic E-state index is 0.0715. The van der Waals surface area contributed by atoms with Crippen molar-refractivity contribution in [2.75, 3.05) is 5.75 Å². The van der Waals surface area contributed by atoms with Crippen molar-refractivity contribution >= 4 is 17.5 Å². The van der Waals surface area contributed by atoms with Crippen molar-refractivity contribution in [3.05, 3.63) is 36.2 Å². The lowest BCUT2D eigenvalue weighted by Gasteiger charge is -2.03. The van der Waals surface area contributed by atoms with E-state index in [2.05, 4.69) is 9.97 Å². The number of Topliss-reactive ketones (excluding diaryl/α,β-unsaturated/α-hetero) is 1. The van der Waals surface area contributed by atoms with Crippen LogP contribution < -0.4 is 0 Å². The molecule has 1 heterocycles. The molecule has 0 aliphatic rings. The summed E-state index contributed by atoms with van der Waals surface area (Å²) in [5.41, 5.74) is 0.196. The van der Waals surface area contributed by atoms with Gasteiger partial charge in [-0.25, -0.2) is 4.98 Å². The highest BCUT2D eigenvalue weighted by atomic mass is 32.2. The number of aromatic nitrogens is 2. The number of H-pyrrole nitrogens is 1. The van der Waals surface area contributed by atoms with Crippen molar-refractivity contribution in [1.29, 1.82) is 0 Å². The molecule has 0 unspecified atom stereocenters. The molecule has 0 radical (unpaired) electrons. The number of aromatic hydroxyl groups is 2. The number of thioether (sulfide) groups is 1. The molecule has 2 rings (SSSR count). The zero-order valence-corrected chi connectivity index (χ0v) is 9.57. The van der Waals surface area contributed by atoms with Crippen LogP contribution in [-0.4, -0.2) is 31.7 Å². The van der Waals surface area contributed by atoms with E-state index in [1.807, 2.05) is 0 Å². The molecule has 0 atom stereocenters. The van der Waals surface area contributed by atoms with E-state index in [1.165, 1.54) is 23.9 Å². The van der Waals surface area contributed by atoms with Gasteiger partial charge in [0.1, 0.15) is 11.5 Å². The van der Waals surface area contributed by atoms with E-state index in [0.29, 0.717) is 5.16 Å². The fourth-order valence-corrected chi connectivity index (χ4v) is 2.01. The van der Waals surface area contributed by atoms with Gasteiger partial charge in [-0.15, -0.1) is 0 Å². The second-order valence-electron chi connectivity index (χ2n) is 3.31. The number of ketones is 1. The average Bonchev–Trinajstić information content (AvgIpc) is 2.78. The molecular weight excluding hydrogens is 240 g/mol. The molecule has 5 nitrogen and oxygen atoms in total. The van der Waals surface area contributed by atoms with Crippen molar-refractivity contribution < 1.29 is 15.0 Å². The van der Waals surface area contributed by atoms with Crippen LogP contribution in [0, 0.1) is 0 Å². The molecule has 0 bridgehead atoms. The number of nitrogens with zero attached hydrogens (tertiary/aromatic N) is 1. The van der Waals surface area contributed by atoms with E-state index in [4.69, 9.17) is 5.11 Å². The maximum absolute atomic E-state index is 11.8. The number of carbonyl (C=O) groups excluding carboxylic acids is 1. The molecule has 0 aliphatic carbocycles. The Kier molecular flexibility index (Phi) is 3.34. The molecule has 0 aliphatic heterocycles. The molecule has 88 valence electrons. The number of rotatable bonds is 4. The van der Waals surface area contributed by atoms with E-state index in [0.717, 1.165) is 6.07 Å². The summed E-state index contributed by atoms with van der Waals surface area (Å²) >= 11 is 1.25. The van der Waals surface area contributed by atoms with E-state index in [1.54, 1.807) is 12.4 Å². The first-order valence-corrected chi connectivity index (χ1v) is 5.83. The maximum atomic E-state index is 11.8. The fourth-order valence-electron chi connectivity index (χ4n) is 1.30. The van der Waals surface area contributed by atoms with Crippen molar-refractivity contribution in [3.63, 3.8) is 0 Å². The van der Waals surface area contributed by atoms with E-state index in [-0.39, 0.29) is 28.6 Å². The lowest BCUT2D eigenvalue weighted by molar-refractivity contribution is 0.102. The SMILES string of the molecule is O=C(CSc1ncc[nH]1)c1ccc(O)cc1O. The fraction of sp³-hybridized carbons (Fsp3) is 0.0909. The molecule has 0 saturated carbocycles. The predicted molar refractivity (Wildman–Crippen MR) is 63.4 cm³/mol. The summed E-state index contributed by atoms with van der Waals surface area (Å²) in [6.45, 7) is 0. The van der Waals surface area contributed by atoms with Gasteiger partial charge in [0.15, 0.2) is 10.9 Å². The quantitative estimate of drug-likeness (QED) is 0.569. The van der Waals surface area contributed by atoms with Crippen LogP contribution in [0.5, 0.6) is 11.5 Å². The van der Waals surface area contributed by atoms with Crippen LogP contribution in [0.1, 0.15) is 10.4 Å². The Balaban J connectivity index is 2.04. The molecule has 1 aromatic heterocycles. The van der Waals surface area contributed by atoms with Gasteiger partial charge in [0.25, 0.3) is 0 Å². The van der Waals surface area contributed by atoms with Gasteiger partial charge < -0.3 is 15.2 Å². The summed E-state index contributed by atoms with van der Waals surface area (Å²) in [7, 11) is 0. The van der Waals surface area contributed by atoms with Gasteiger partial charge >= 0.3 is 0 Å². The number of hydrogen-bond acceptors (Lipinski definition) is 5. The molecule has 2 aromatic rings. The first-order chi connectivity index (χ1) is 8.16. The minimum atomic E-state index is -0.219. The Morgan fingerprint density at radius 1 is 1.41 bits per heavy atom. The summed E-state index contributed by atoms with van der Waals surface area (Å²) in [6, 6.07) is 3.91. The molecule has 3 N–H and O–H groups in total. The molecule has 0 spiro atoms. The van der Waals surface area contributed by atoms with E-state index in [9.17, 15) is 9.90 Å². The molecule has 6 heteroatoms. The third-order valence-corrected chi connectivity index (χ3v) is 3.00. The average molecular weight is 250 g/mol. The lowest BCUT2D eigenvalue weighted by atomic mass is 10.1. The molecule has 0 saturated heterocycles. The highest BCUT2D eigenvalue weighted by molar-refractivity contribution is 7.99. The van der Waals surface area contributed by atoms with Crippen LogP contribution in [0.15, 0.2) is 35.7 Å². The molecule has 1 aromatic carbocycles.